The lowest BCUT2D eigenvalue weighted by atomic mass is 9.78. The maximum Gasteiger partial charge on any atom is 0.217 e. The van der Waals surface area contributed by atoms with Crippen LogP contribution in [0.3, 0.4) is 0 Å². The largest absolute Gasteiger partial charge is 0.377 e. The van der Waals surface area contributed by atoms with E-state index in [-0.39, 0.29) is 17.6 Å². The average molecular weight is 359 g/mol. The van der Waals surface area contributed by atoms with Crippen molar-refractivity contribution >= 4 is 27.3 Å². The molecule has 1 N–H and O–H groups in total. The summed E-state index contributed by atoms with van der Waals surface area (Å²) in [6, 6.07) is 11.6. The fraction of sp³-hybridized carbons (Fsp3) is 0.550. The fourth-order valence-corrected chi connectivity index (χ4v) is 5.80. The van der Waals surface area contributed by atoms with Crippen LogP contribution in [-0.2, 0) is 16.1 Å². The van der Waals surface area contributed by atoms with Crippen LogP contribution < -0.4 is 5.32 Å². The summed E-state index contributed by atoms with van der Waals surface area (Å²) in [5.74, 6) is 0.0731. The van der Waals surface area contributed by atoms with Crippen LogP contribution in [0.4, 0.5) is 0 Å². The van der Waals surface area contributed by atoms with Crippen LogP contribution in [0.1, 0.15) is 37.5 Å². The number of benzene rings is 1. The molecule has 3 atom stereocenters. The Labute approximate surface area is 153 Å². The number of hydrogen-bond donors (Lipinski definition) is 1. The van der Waals surface area contributed by atoms with E-state index < -0.39 is 0 Å². The first-order valence-corrected chi connectivity index (χ1v) is 9.95. The SMILES string of the molecule is CO[C@@]12CC[C@@H](NC(C)=O)C[C@@H]1N(Cc1cc3ccccc3s1)CC2. The van der Waals surface area contributed by atoms with E-state index in [9.17, 15) is 4.79 Å². The Bertz CT molecular complexity index is 741. The molecule has 134 valence electrons. The van der Waals surface area contributed by atoms with E-state index >= 15 is 0 Å². The summed E-state index contributed by atoms with van der Waals surface area (Å²) in [5.41, 5.74) is -0.0361. The normalized spacial score (nSPS) is 29.7. The highest BCUT2D eigenvalue weighted by molar-refractivity contribution is 7.19. The van der Waals surface area contributed by atoms with Crippen molar-refractivity contribution in [2.45, 2.75) is 56.8 Å². The average Bonchev–Trinajstić information content (AvgIpc) is 3.16. The van der Waals surface area contributed by atoms with Gasteiger partial charge in [-0.05, 0) is 43.2 Å². The number of nitrogens with zero attached hydrogens (tertiary/aromatic N) is 1. The van der Waals surface area contributed by atoms with Crippen LogP contribution in [0.25, 0.3) is 10.1 Å². The lowest BCUT2D eigenvalue weighted by Gasteiger charge is -2.44. The van der Waals surface area contributed by atoms with Gasteiger partial charge in [0, 0.05) is 48.8 Å². The van der Waals surface area contributed by atoms with Crippen LogP contribution in [0.5, 0.6) is 0 Å². The Hall–Kier alpha value is -1.43. The number of nitrogens with one attached hydrogen (secondary N) is 1. The molecule has 2 fully saturated rings. The number of likely N-dealkylation sites (tertiary alicyclic amines) is 1. The number of amides is 1. The van der Waals surface area contributed by atoms with E-state index in [2.05, 4.69) is 40.5 Å². The number of ether oxygens (including phenoxy) is 1. The summed E-state index contributed by atoms with van der Waals surface area (Å²) >= 11 is 1.89. The van der Waals surface area contributed by atoms with Crippen molar-refractivity contribution in [3.05, 3.63) is 35.2 Å². The second-order valence-corrected chi connectivity index (χ2v) is 8.60. The maximum atomic E-state index is 11.5. The Balaban J connectivity index is 1.53. The first-order chi connectivity index (χ1) is 12.1. The third-order valence-electron chi connectivity index (χ3n) is 5.94. The smallest absolute Gasteiger partial charge is 0.217 e. The van der Waals surface area contributed by atoms with Crippen molar-refractivity contribution in [1.82, 2.24) is 10.2 Å². The molecule has 1 amide bonds. The zero-order chi connectivity index (χ0) is 17.4. The van der Waals surface area contributed by atoms with Gasteiger partial charge in [0.1, 0.15) is 0 Å². The second kappa shape index (κ2) is 6.71. The quantitative estimate of drug-likeness (QED) is 0.909. The predicted octanol–water partition coefficient (Wildman–Crippen LogP) is 3.55. The van der Waals surface area contributed by atoms with E-state index in [4.69, 9.17) is 4.74 Å². The molecule has 0 bridgehead atoms. The Morgan fingerprint density at radius 1 is 1.40 bits per heavy atom. The van der Waals surface area contributed by atoms with Crippen molar-refractivity contribution in [2.75, 3.05) is 13.7 Å². The number of methoxy groups -OCH3 is 1. The molecule has 2 heterocycles. The van der Waals surface area contributed by atoms with Gasteiger partial charge in [-0.3, -0.25) is 9.69 Å². The van der Waals surface area contributed by atoms with Gasteiger partial charge in [-0.2, -0.15) is 0 Å². The Kier molecular flexibility index (Phi) is 4.56. The molecular weight excluding hydrogens is 332 g/mol. The molecule has 25 heavy (non-hydrogen) atoms. The number of rotatable bonds is 4. The maximum absolute atomic E-state index is 11.5. The third kappa shape index (κ3) is 3.21. The molecule has 1 saturated heterocycles. The van der Waals surface area contributed by atoms with Crippen LogP contribution in [0, 0.1) is 0 Å². The molecule has 0 radical (unpaired) electrons. The highest BCUT2D eigenvalue weighted by atomic mass is 32.1. The van der Waals surface area contributed by atoms with Gasteiger partial charge in [0.2, 0.25) is 5.91 Å². The monoisotopic (exact) mass is 358 g/mol. The number of fused-ring (bicyclic) bond motifs is 2. The van der Waals surface area contributed by atoms with E-state index in [1.807, 2.05) is 18.4 Å². The Morgan fingerprint density at radius 3 is 3.00 bits per heavy atom. The zero-order valence-corrected chi connectivity index (χ0v) is 15.8. The molecule has 0 unspecified atom stereocenters. The highest BCUT2D eigenvalue weighted by Crippen LogP contribution is 2.43. The van der Waals surface area contributed by atoms with Crippen molar-refractivity contribution < 1.29 is 9.53 Å². The summed E-state index contributed by atoms with van der Waals surface area (Å²) in [4.78, 5) is 15.5. The van der Waals surface area contributed by atoms with Crippen LogP contribution >= 0.6 is 11.3 Å². The van der Waals surface area contributed by atoms with Gasteiger partial charge in [0.25, 0.3) is 0 Å². The molecule has 1 aromatic carbocycles. The molecule has 5 heteroatoms. The minimum atomic E-state index is -0.0361. The second-order valence-electron chi connectivity index (χ2n) is 7.43. The highest BCUT2D eigenvalue weighted by Gasteiger charge is 2.51. The van der Waals surface area contributed by atoms with Crippen LogP contribution in [0.2, 0.25) is 0 Å². The molecule has 0 spiro atoms. The van der Waals surface area contributed by atoms with Gasteiger partial charge >= 0.3 is 0 Å². The van der Waals surface area contributed by atoms with Gasteiger partial charge in [-0.25, -0.2) is 0 Å². The minimum Gasteiger partial charge on any atom is -0.377 e. The molecule has 1 aliphatic heterocycles. The van der Waals surface area contributed by atoms with Gasteiger partial charge in [0.15, 0.2) is 0 Å². The Morgan fingerprint density at radius 2 is 2.24 bits per heavy atom. The molecular formula is C20H26N2O2S. The summed E-state index contributed by atoms with van der Waals surface area (Å²) in [6.07, 6.45) is 4.12. The van der Waals surface area contributed by atoms with Crippen molar-refractivity contribution in [2.24, 2.45) is 0 Å². The third-order valence-corrected chi connectivity index (χ3v) is 7.04. The summed E-state index contributed by atoms with van der Waals surface area (Å²) in [7, 11) is 1.86. The van der Waals surface area contributed by atoms with Gasteiger partial charge < -0.3 is 10.1 Å². The van der Waals surface area contributed by atoms with Crippen molar-refractivity contribution in [3.8, 4) is 0 Å². The molecule has 1 aliphatic carbocycles. The summed E-state index contributed by atoms with van der Waals surface area (Å²) in [6.45, 7) is 3.66. The molecule has 4 nitrogen and oxygen atoms in total. The van der Waals surface area contributed by atoms with E-state index in [1.54, 1.807) is 6.92 Å². The molecule has 1 saturated carbocycles. The van der Waals surface area contributed by atoms with Crippen molar-refractivity contribution in [3.63, 3.8) is 0 Å². The first-order valence-electron chi connectivity index (χ1n) is 9.13. The number of hydrogen-bond acceptors (Lipinski definition) is 4. The zero-order valence-electron chi connectivity index (χ0n) is 15.0. The molecule has 1 aromatic heterocycles. The van der Waals surface area contributed by atoms with Crippen LogP contribution in [0.15, 0.2) is 30.3 Å². The summed E-state index contributed by atoms with van der Waals surface area (Å²) in [5, 5.41) is 4.46. The lowest BCUT2D eigenvalue weighted by Crippen LogP contribution is -2.54. The number of carbonyl (C=O) groups is 1. The van der Waals surface area contributed by atoms with Gasteiger partial charge in [0.05, 0.1) is 5.60 Å². The van der Waals surface area contributed by atoms with Crippen LogP contribution in [-0.4, -0.2) is 42.1 Å². The van der Waals surface area contributed by atoms with E-state index in [1.165, 1.54) is 15.0 Å². The first kappa shape index (κ1) is 17.0. The van der Waals surface area contributed by atoms with Gasteiger partial charge in [-0.15, -0.1) is 11.3 Å². The number of carbonyl (C=O) groups excluding carboxylic acids is 1. The molecule has 2 aliphatic rings. The molecule has 4 rings (SSSR count). The predicted molar refractivity (Wildman–Crippen MR) is 102 cm³/mol. The topological polar surface area (TPSA) is 41.6 Å². The lowest BCUT2D eigenvalue weighted by molar-refractivity contribution is -0.121. The van der Waals surface area contributed by atoms with Crippen molar-refractivity contribution in [1.29, 1.82) is 0 Å². The molecule has 2 aromatic rings. The minimum absolute atomic E-state index is 0.0361. The number of thiophene rings is 1. The standard InChI is InChI=1S/C20H26N2O2S/c1-14(23)21-16-7-8-20(24-2)9-10-22(19(20)12-16)13-17-11-15-5-3-4-6-18(15)25-17/h3-6,11,16,19H,7-10,12-13H2,1-2H3,(H,21,23)/t16-,19+,20-/m1/s1. The summed E-state index contributed by atoms with van der Waals surface area (Å²) < 4.78 is 7.39. The van der Waals surface area contributed by atoms with E-state index in [0.717, 1.165) is 38.8 Å². The van der Waals surface area contributed by atoms with E-state index in [0.29, 0.717) is 6.04 Å². The fourth-order valence-electron chi connectivity index (χ4n) is 4.71. The van der Waals surface area contributed by atoms with Gasteiger partial charge in [-0.1, -0.05) is 18.2 Å².